The van der Waals surface area contributed by atoms with Gasteiger partial charge >= 0.3 is 11.9 Å². The molecule has 0 radical (unpaired) electrons. The molecule has 0 saturated carbocycles. The van der Waals surface area contributed by atoms with E-state index in [1.54, 1.807) is 5.38 Å². The lowest BCUT2D eigenvalue weighted by Crippen LogP contribution is -2.26. The van der Waals surface area contributed by atoms with Gasteiger partial charge in [0.15, 0.2) is 10.9 Å². The van der Waals surface area contributed by atoms with Crippen LogP contribution in [0.3, 0.4) is 0 Å². The third-order valence-corrected chi connectivity index (χ3v) is 3.31. The van der Waals surface area contributed by atoms with Crippen LogP contribution in [-0.2, 0) is 25.7 Å². The number of aromatic nitrogens is 2. The first-order chi connectivity index (χ1) is 11.1. The zero-order chi connectivity index (χ0) is 16.7. The highest BCUT2D eigenvalue weighted by Gasteiger charge is 2.18. The molecule has 0 spiro atoms. The van der Waals surface area contributed by atoms with Crippen LogP contribution >= 0.6 is 11.3 Å². The number of amides is 1. The summed E-state index contributed by atoms with van der Waals surface area (Å²) in [6.45, 7) is 2.29. The second kappa shape index (κ2) is 8.36. The lowest BCUT2D eigenvalue weighted by molar-refractivity contribution is -0.153. The summed E-state index contributed by atoms with van der Waals surface area (Å²) in [5.41, 5.74) is 0.878. The molecule has 0 unspecified atom stereocenters. The molecule has 0 aliphatic rings. The van der Waals surface area contributed by atoms with Gasteiger partial charge in [-0.2, -0.15) is 0 Å². The monoisotopic (exact) mass is 341 g/mol. The van der Waals surface area contributed by atoms with Gasteiger partial charge in [0.25, 0.3) is 0 Å². The van der Waals surface area contributed by atoms with E-state index < -0.39 is 11.9 Å². The number of hydrogen-bond donors (Lipinski definition) is 2. The standard InChI is InChI=1S/C13H15N3O6S/c1-2-20-3-4-21-12(19)11(18)15-13-14-10(7-23-13)9-5-8(6-17)22-16-9/h5,7,17H,2-4,6H2,1H3,(H,14,15,18). The second-order valence-corrected chi connectivity index (χ2v) is 5.02. The van der Waals surface area contributed by atoms with E-state index in [1.807, 2.05) is 6.92 Å². The van der Waals surface area contributed by atoms with Gasteiger partial charge < -0.3 is 19.1 Å². The molecule has 124 valence electrons. The normalized spacial score (nSPS) is 10.5. The highest BCUT2D eigenvalue weighted by atomic mass is 32.1. The molecule has 2 rings (SSSR count). The molecule has 0 saturated heterocycles. The van der Waals surface area contributed by atoms with E-state index in [2.05, 4.69) is 15.5 Å². The maximum Gasteiger partial charge on any atom is 0.397 e. The predicted octanol–water partition coefficient (Wildman–Crippen LogP) is 0.809. The van der Waals surface area contributed by atoms with E-state index in [9.17, 15) is 9.59 Å². The summed E-state index contributed by atoms with van der Waals surface area (Å²) >= 11 is 1.12. The summed E-state index contributed by atoms with van der Waals surface area (Å²) in [5.74, 6) is -1.62. The summed E-state index contributed by atoms with van der Waals surface area (Å²) in [6, 6.07) is 1.53. The first-order valence-corrected chi connectivity index (χ1v) is 7.60. The van der Waals surface area contributed by atoms with Gasteiger partial charge in [-0.1, -0.05) is 5.16 Å². The van der Waals surface area contributed by atoms with Crippen LogP contribution in [0.5, 0.6) is 0 Å². The molecule has 1 amide bonds. The molecule has 23 heavy (non-hydrogen) atoms. The van der Waals surface area contributed by atoms with Crippen molar-refractivity contribution in [3.63, 3.8) is 0 Å². The Morgan fingerprint density at radius 2 is 2.22 bits per heavy atom. The van der Waals surface area contributed by atoms with Gasteiger partial charge in [-0.05, 0) is 6.92 Å². The number of ether oxygens (including phenoxy) is 2. The van der Waals surface area contributed by atoms with E-state index >= 15 is 0 Å². The number of carbonyl (C=O) groups is 2. The van der Waals surface area contributed by atoms with Crippen molar-refractivity contribution in [3.05, 3.63) is 17.2 Å². The topological polar surface area (TPSA) is 124 Å². The lowest BCUT2D eigenvalue weighted by atomic mass is 10.3. The Hall–Kier alpha value is -2.30. The fourth-order valence-corrected chi connectivity index (χ4v) is 2.21. The quantitative estimate of drug-likeness (QED) is 0.431. The Labute approximate surface area is 135 Å². The van der Waals surface area contributed by atoms with Gasteiger partial charge in [0.1, 0.15) is 24.6 Å². The van der Waals surface area contributed by atoms with E-state index in [-0.39, 0.29) is 25.0 Å². The molecule has 0 fully saturated rings. The van der Waals surface area contributed by atoms with Crippen molar-refractivity contribution in [1.82, 2.24) is 10.1 Å². The number of aliphatic hydroxyl groups is 1. The third-order valence-electron chi connectivity index (χ3n) is 2.55. The third kappa shape index (κ3) is 4.84. The van der Waals surface area contributed by atoms with Gasteiger partial charge in [0.05, 0.1) is 6.61 Å². The Morgan fingerprint density at radius 1 is 1.39 bits per heavy atom. The number of carbonyl (C=O) groups excluding carboxylic acids is 2. The van der Waals surface area contributed by atoms with E-state index in [0.29, 0.717) is 23.8 Å². The molecular weight excluding hydrogens is 326 g/mol. The summed E-state index contributed by atoms with van der Waals surface area (Å²) in [7, 11) is 0. The van der Waals surface area contributed by atoms with Crippen LogP contribution in [-0.4, -0.2) is 46.9 Å². The minimum Gasteiger partial charge on any atom is -0.456 e. The molecule has 0 aromatic carbocycles. The molecular formula is C13H15N3O6S. The number of thiazole rings is 1. The van der Waals surface area contributed by atoms with Gasteiger partial charge in [-0.3, -0.25) is 10.1 Å². The molecule has 10 heteroatoms. The van der Waals surface area contributed by atoms with E-state index in [1.165, 1.54) is 6.07 Å². The fourth-order valence-electron chi connectivity index (χ4n) is 1.51. The fraction of sp³-hybridized carbons (Fsp3) is 0.385. The van der Waals surface area contributed by atoms with Crippen molar-refractivity contribution >= 4 is 28.3 Å². The van der Waals surface area contributed by atoms with E-state index in [0.717, 1.165) is 11.3 Å². The molecule has 2 heterocycles. The van der Waals surface area contributed by atoms with E-state index in [4.69, 9.17) is 19.1 Å². The van der Waals surface area contributed by atoms with Gasteiger partial charge in [0.2, 0.25) is 0 Å². The molecule has 2 N–H and O–H groups in total. The van der Waals surface area contributed by atoms with Gasteiger partial charge in [-0.15, -0.1) is 11.3 Å². The highest BCUT2D eigenvalue weighted by molar-refractivity contribution is 7.14. The van der Waals surface area contributed by atoms with Crippen LogP contribution in [0, 0.1) is 0 Å². The highest BCUT2D eigenvalue weighted by Crippen LogP contribution is 2.24. The molecule has 0 aliphatic heterocycles. The van der Waals surface area contributed by atoms with Crippen molar-refractivity contribution in [2.45, 2.75) is 13.5 Å². The Bertz CT molecular complexity index is 668. The maximum absolute atomic E-state index is 11.6. The number of nitrogens with zero attached hydrogens (tertiary/aromatic N) is 2. The smallest absolute Gasteiger partial charge is 0.397 e. The summed E-state index contributed by atoms with van der Waals surface area (Å²) < 4.78 is 14.6. The van der Waals surface area contributed by atoms with Crippen LogP contribution in [0.2, 0.25) is 0 Å². The first-order valence-electron chi connectivity index (χ1n) is 6.72. The van der Waals surface area contributed by atoms with Crippen LogP contribution in [0.25, 0.3) is 11.4 Å². The average Bonchev–Trinajstić information content (AvgIpc) is 3.19. The van der Waals surface area contributed by atoms with Crippen molar-refractivity contribution in [1.29, 1.82) is 0 Å². The van der Waals surface area contributed by atoms with Crippen molar-refractivity contribution < 1.29 is 28.7 Å². The van der Waals surface area contributed by atoms with Crippen molar-refractivity contribution in [2.24, 2.45) is 0 Å². The molecule has 2 aromatic heterocycles. The van der Waals surface area contributed by atoms with Crippen LogP contribution in [0.4, 0.5) is 5.13 Å². The zero-order valence-corrected chi connectivity index (χ0v) is 13.1. The molecule has 9 nitrogen and oxygen atoms in total. The summed E-state index contributed by atoms with van der Waals surface area (Å²) in [4.78, 5) is 27.2. The number of rotatable bonds is 7. The first kappa shape index (κ1) is 17.1. The minimum atomic E-state index is -1.01. The van der Waals surface area contributed by atoms with Crippen LogP contribution in [0.15, 0.2) is 16.0 Å². The predicted molar refractivity (Wildman–Crippen MR) is 79.6 cm³/mol. The Balaban J connectivity index is 1.88. The molecule has 2 aromatic rings. The number of nitrogens with one attached hydrogen (secondary N) is 1. The zero-order valence-electron chi connectivity index (χ0n) is 12.3. The Morgan fingerprint density at radius 3 is 2.91 bits per heavy atom. The number of anilines is 1. The van der Waals surface area contributed by atoms with Crippen molar-refractivity contribution in [2.75, 3.05) is 25.1 Å². The SMILES string of the molecule is CCOCCOC(=O)C(=O)Nc1nc(-c2cc(CO)on2)cs1. The van der Waals surface area contributed by atoms with Gasteiger partial charge in [0, 0.05) is 18.1 Å². The largest absolute Gasteiger partial charge is 0.456 e. The number of aliphatic hydroxyl groups excluding tert-OH is 1. The second-order valence-electron chi connectivity index (χ2n) is 4.16. The van der Waals surface area contributed by atoms with Crippen LogP contribution < -0.4 is 5.32 Å². The van der Waals surface area contributed by atoms with Crippen LogP contribution in [0.1, 0.15) is 12.7 Å². The van der Waals surface area contributed by atoms with Gasteiger partial charge in [-0.25, -0.2) is 9.78 Å². The molecule has 0 aliphatic carbocycles. The number of hydrogen-bond acceptors (Lipinski definition) is 9. The summed E-state index contributed by atoms with van der Waals surface area (Å²) in [6.07, 6.45) is 0. The minimum absolute atomic E-state index is 0.00604. The summed E-state index contributed by atoms with van der Waals surface area (Å²) in [5, 5.41) is 16.8. The molecule has 0 bridgehead atoms. The molecule has 0 atom stereocenters. The lowest BCUT2D eigenvalue weighted by Gasteiger charge is -2.04. The average molecular weight is 341 g/mol. The number of esters is 1. The maximum atomic E-state index is 11.6. The van der Waals surface area contributed by atoms with Crippen molar-refractivity contribution in [3.8, 4) is 11.4 Å². The Kier molecular flexibility index (Phi) is 6.20.